The van der Waals surface area contributed by atoms with Crippen LogP contribution in [0.4, 0.5) is 11.4 Å². The lowest BCUT2D eigenvalue weighted by atomic mass is 9.95. The Labute approximate surface area is 263 Å². The maximum Gasteiger partial charge on any atom is 0.338 e. The highest BCUT2D eigenvalue weighted by Crippen LogP contribution is 2.39. The Morgan fingerprint density at radius 1 is 0.978 bits per heavy atom. The highest BCUT2D eigenvalue weighted by atomic mass is 16.5. The van der Waals surface area contributed by atoms with Crippen LogP contribution >= 0.6 is 0 Å². The lowest BCUT2D eigenvalue weighted by molar-refractivity contribution is -0.126. The molecule has 0 saturated carbocycles. The number of hydrogen-bond donors (Lipinski definition) is 3. The van der Waals surface area contributed by atoms with Crippen molar-refractivity contribution in [1.82, 2.24) is 15.1 Å². The summed E-state index contributed by atoms with van der Waals surface area (Å²) in [7, 11) is 5.26. The fourth-order valence-corrected chi connectivity index (χ4v) is 5.70. The molecule has 0 bridgehead atoms. The first-order valence-electron chi connectivity index (χ1n) is 15.1. The number of piperidine rings is 1. The van der Waals surface area contributed by atoms with Crippen molar-refractivity contribution in [3.05, 3.63) is 94.5 Å². The second kappa shape index (κ2) is 13.8. The number of ether oxygens (including phenoxy) is 1. The largest absolute Gasteiger partial charge is 0.465 e. The zero-order valence-corrected chi connectivity index (χ0v) is 26.1. The van der Waals surface area contributed by atoms with Gasteiger partial charge in [-0.25, -0.2) is 4.79 Å². The van der Waals surface area contributed by atoms with Gasteiger partial charge in [0.2, 0.25) is 5.91 Å². The number of esters is 1. The average molecular weight is 610 g/mol. The number of carbonyl (C=O) groups excluding carboxylic acids is 4. The monoisotopic (exact) mass is 609 g/mol. The van der Waals surface area contributed by atoms with Crippen LogP contribution in [0.1, 0.15) is 50.2 Å². The predicted molar refractivity (Wildman–Crippen MR) is 175 cm³/mol. The van der Waals surface area contributed by atoms with E-state index in [1.54, 1.807) is 23.1 Å². The zero-order chi connectivity index (χ0) is 32.1. The van der Waals surface area contributed by atoms with E-state index in [2.05, 4.69) is 16.0 Å². The Kier molecular flexibility index (Phi) is 9.63. The molecule has 0 aliphatic carbocycles. The van der Waals surface area contributed by atoms with Crippen molar-refractivity contribution in [2.75, 3.05) is 58.0 Å². The summed E-state index contributed by atoms with van der Waals surface area (Å²) in [5, 5.41) is 9.31. The van der Waals surface area contributed by atoms with Gasteiger partial charge in [-0.15, -0.1) is 0 Å². The van der Waals surface area contributed by atoms with Gasteiger partial charge in [0.25, 0.3) is 11.8 Å². The van der Waals surface area contributed by atoms with E-state index in [-0.39, 0.29) is 23.6 Å². The molecule has 3 aromatic rings. The highest BCUT2D eigenvalue weighted by Gasteiger charge is 2.31. The van der Waals surface area contributed by atoms with Crippen molar-refractivity contribution in [3.8, 4) is 0 Å². The third-order valence-corrected chi connectivity index (χ3v) is 8.24. The molecular formula is C35H39N5O5. The second-order valence-corrected chi connectivity index (χ2v) is 11.6. The summed E-state index contributed by atoms with van der Waals surface area (Å²) in [5.41, 5.74) is 5.41. The van der Waals surface area contributed by atoms with Gasteiger partial charge in [0.05, 0.1) is 29.6 Å². The molecule has 0 radical (unpaired) electrons. The lowest BCUT2D eigenvalue weighted by Crippen LogP contribution is -2.44. The van der Waals surface area contributed by atoms with E-state index in [1.165, 1.54) is 7.11 Å². The maximum atomic E-state index is 13.4. The Bertz CT molecular complexity index is 1620. The van der Waals surface area contributed by atoms with Gasteiger partial charge in [-0.1, -0.05) is 30.3 Å². The summed E-state index contributed by atoms with van der Waals surface area (Å²) in [6.07, 6.45) is 1.27. The molecule has 5 rings (SSSR count). The molecule has 3 aromatic carbocycles. The number of likely N-dealkylation sites (tertiary alicyclic amines) is 1. The highest BCUT2D eigenvalue weighted by molar-refractivity contribution is 6.37. The van der Waals surface area contributed by atoms with Crippen LogP contribution in [-0.2, 0) is 14.3 Å². The fourth-order valence-electron chi connectivity index (χ4n) is 5.70. The summed E-state index contributed by atoms with van der Waals surface area (Å²) in [6.45, 7) is 4.26. The molecule has 10 nitrogen and oxygen atoms in total. The van der Waals surface area contributed by atoms with Crippen molar-refractivity contribution < 1.29 is 23.9 Å². The van der Waals surface area contributed by atoms with Gasteiger partial charge in [-0.2, -0.15) is 0 Å². The Balaban J connectivity index is 1.33. The number of nitrogens with zero attached hydrogens (tertiary/aromatic N) is 2. The molecule has 3 amide bonds. The number of aryl methyl sites for hydroxylation is 1. The molecule has 2 heterocycles. The molecule has 0 spiro atoms. The van der Waals surface area contributed by atoms with E-state index in [0.717, 1.165) is 12.1 Å². The van der Waals surface area contributed by atoms with Crippen LogP contribution in [0.15, 0.2) is 66.7 Å². The number of benzene rings is 3. The first kappa shape index (κ1) is 31.5. The first-order chi connectivity index (χ1) is 21.7. The van der Waals surface area contributed by atoms with Crippen molar-refractivity contribution in [3.63, 3.8) is 0 Å². The molecule has 1 fully saturated rings. The van der Waals surface area contributed by atoms with Gasteiger partial charge in [-0.05, 0) is 81.4 Å². The third-order valence-electron chi connectivity index (χ3n) is 8.24. The fraction of sp³-hybridized carbons (Fsp3) is 0.314. The molecule has 45 heavy (non-hydrogen) atoms. The third kappa shape index (κ3) is 7.07. The zero-order valence-electron chi connectivity index (χ0n) is 26.1. The number of amides is 3. The van der Waals surface area contributed by atoms with E-state index >= 15 is 0 Å². The van der Waals surface area contributed by atoms with Crippen LogP contribution in [-0.4, -0.2) is 80.9 Å². The Morgan fingerprint density at radius 3 is 2.31 bits per heavy atom. The number of hydrogen-bond acceptors (Lipinski definition) is 7. The second-order valence-electron chi connectivity index (χ2n) is 11.6. The Morgan fingerprint density at radius 2 is 1.67 bits per heavy atom. The van der Waals surface area contributed by atoms with Gasteiger partial charge < -0.3 is 30.5 Å². The molecule has 2 aliphatic heterocycles. The van der Waals surface area contributed by atoms with Crippen LogP contribution in [0.2, 0.25) is 0 Å². The van der Waals surface area contributed by atoms with Crippen LogP contribution in [0.5, 0.6) is 0 Å². The minimum Gasteiger partial charge on any atom is -0.465 e. The minimum atomic E-state index is -0.469. The van der Waals surface area contributed by atoms with Gasteiger partial charge in [0.15, 0.2) is 0 Å². The smallest absolute Gasteiger partial charge is 0.338 e. The summed E-state index contributed by atoms with van der Waals surface area (Å²) in [5.74, 6) is -0.861. The maximum absolute atomic E-state index is 13.4. The van der Waals surface area contributed by atoms with E-state index < -0.39 is 5.97 Å². The van der Waals surface area contributed by atoms with Crippen LogP contribution < -0.4 is 16.0 Å². The minimum absolute atomic E-state index is 0.0559. The van der Waals surface area contributed by atoms with Crippen molar-refractivity contribution in [2.24, 2.45) is 5.92 Å². The number of rotatable bonds is 9. The van der Waals surface area contributed by atoms with Gasteiger partial charge in [-0.3, -0.25) is 14.4 Å². The standard InChI is InChI=1S/C35H39N5O5/c1-22-20-28-29(21-27(22)35(44)45-4)38-33(42)30(28)31(23-8-6-5-7-9-23)37-26-12-10-25(11-13-26)34(43)40-17-14-24(15-18-40)32(41)36-16-19-39(2)3/h5-13,20-21,24,37H,14-19H2,1-4H3,(H,36,41)(H,38,42)/b31-30-. The van der Waals surface area contributed by atoms with Crippen molar-refractivity contribution in [2.45, 2.75) is 19.8 Å². The summed E-state index contributed by atoms with van der Waals surface area (Å²) in [4.78, 5) is 55.3. The quantitative estimate of drug-likeness (QED) is 0.245. The molecule has 0 atom stereocenters. The van der Waals surface area contributed by atoms with Gasteiger partial charge in [0.1, 0.15) is 0 Å². The number of fused-ring (bicyclic) bond motifs is 1. The SMILES string of the molecule is COC(=O)c1cc2c(cc1C)/C(=C(/Nc1ccc(C(=O)N3CCC(C(=O)NCCN(C)C)CC3)cc1)c1ccccc1)C(=O)N2. The number of nitrogens with one attached hydrogen (secondary N) is 3. The molecule has 0 aromatic heterocycles. The van der Waals surface area contributed by atoms with Crippen LogP contribution in [0.3, 0.4) is 0 Å². The van der Waals surface area contributed by atoms with Crippen molar-refractivity contribution >= 4 is 46.3 Å². The number of likely N-dealkylation sites (N-methyl/N-ethyl adjacent to an activating group) is 1. The average Bonchev–Trinajstić information content (AvgIpc) is 3.37. The summed E-state index contributed by atoms with van der Waals surface area (Å²) in [6, 6.07) is 20.2. The molecular weight excluding hydrogens is 570 g/mol. The van der Waals surface area contributed by atoms with E-state index in [1.807, 2.05) is 74.4 Å². The molecule has 10 heteroatoms. The molecule has 2 aliphatic rings. The molecule has 3 N–H and O–H groups in total. The number of anilines is 2. The molecule has 1 saturated heterocycles. The van der Waals surface area contributed by atoms with Gasteiger partial charge in [0, 0.05) is 48.9 Å². The number of carbonyl (C=O) groups is 4. The van der Waals surface area contributed by atoms with E-state index in [4.69, 9.17) is 4.74 Å². The van der Waals surface area contributed by atoms with E-state index in [0.29, 0.717) is 77.4 Å². The summed E-state index contributed by atoms with van der Waals surface area (Å²) < 4.78 is 4.90. The summed E-state index contributed by atoms with van der Waals surface area (Å²) >= 11 is 0. The van der Waals surface area contributed by atoms with Crippen LogP contribution in [0.25, 0.3) is 11.3 Å². The topological polar surface area (TPSA) is 120 Å². The van der Waals surface area contributed by atoms with Gasteiger partial charge >= 0.3 is 5.97 Å². The van der Waals surface area contributed by atoms with Crippen molar-refractivity contribution in [1.29, 1.82) is 0 Å². The normalized spacial score (nSPS) is 15.8. The van der Waals surface area contributed by atoms with E-state index in [9.17, 15) is 19.2 Å². The lowest BCUT2D eigenvalue weighted by Gasteiger charge is -2.31. The first-order valence-corrected chi connectivity index (χ1v) is 15.1. The van der Waals surface area contributed by atoms with Crippen LogP contribution in [0, 0.1) is 12.8 Å². The predicted octanol–water partition coefficient (Wildman–Crippen LogP) is 4.24. The molecule has 0 unspecified atom stereocenters. The Hall–Kier alpha value is -4.96. The number of methoxy groups -OCH3 is 1. The molecule has 234 valence electrons.